The minimum Gasteiger partial charge on any atom is -0.465 e. The van der Waals surface area contributed by atoms with Gasteiger partial charge in [0.05, 0.1) is 31.0 Å². The highest BCUT2D eigenvalue weighted by molar-refractivity contribution is 7.88. The van der Waals surface area contributed by atoms with Crippen LogP contribution in [0, 0.1) is 0 Å². The molecule has 0 radical (unpaired) electrons. The van der Waals surface area contributed by atoms with Gasteiger partial charge in [0.2, 0.25) is 21.8 Å². The molecule has 0 spiro atoms. The van der Waals surface area contributed by atoms with Gasteiger partial charge < -0.3 is 31.2 Å². The number of ether oxygens (including phenoxy) is 1. The highest BCUT2D eigenvalue weighted by atomic mass is 32.2. The Morgan fingerprint density at radius 3 is 2.73 bits per heavy atom. The second kappa shape index (κ2) is 14.3. The summed E-state index contributed by atoms with van der Waals surface area (Å²) in [5, 5.41) is 2.57. The number of carbonyl (C=O) groups is 4. The number of amides is 2. The zero-order valence-corrected chi connectivity index (χ0v) is 21.5. The van der Waals surface area contributed by atoms with Crippen molar-refractivity contribution in [2.24, 2.45) is 16.5 Å². The van der Waals surface area contributed by atoms with Crippen molar-refractivity contribution in [3.63, 3.8) is 0 Å². The van der Waals surface area contributed by atoms with E-state index < -0.39 is 45.6 Å². The van der Waals surface area contributed by atoms with Gasteiger partial charge in [-0.05, 0) is 49.8 Å². The van der Waals surface area contributed by atoms with Crippen LogP contribution in [-0.2, 0) is 34.9 Å². The van der Waals surface area contributed by atoms with Gasteiger partial charge in [-0.3, -0.25) is 14.6 Å². The Bertz CT molecular complexity index is 1100. The first kappa shape index (κ1) is 29.7. The summed E-state index contributed by atoms with van der Waals surface area (Å²) >= 11 is 0. The maximum absolute atomic E-state index is 13.1. The molecule has 1 aromatic rings. The number of aliphatic imine (C=N–C) groups is 1. The largest absolute Gasteiger partial charge is 0.465 e. The van der Waals surface area contributed by atoms with Gasteiger partial charge in [-0.1, -0.05) is 12.1 Å². The first-order valence-corrected chi connectivity index (χ1v) is 13.5. The molecule has 2 atom stereocenters. The van der Waals surface area contributed by atoms with Crippen LogP contribution < -0.4 is 21.5 Å². The molecule has 1 aliphatic rings. The number of aldehydes is 1. The summed E-state index contributed by atoms with van der Waals surface area (Å²) in [4.78, 5) is 53.8. The fourth-order valence-corrected chi connectivity index (χ4v) is 5.23. The van der Waals surface area contributed by atoms with Crippen LogP contribution in [-0.4, -0.2) is 82.2 Å². The molecular weight excluding hydrogens is 504 g/mol. The Kier molecular flexibility index (Phi) is 11.5. The molecule has 0 saturated carbocycles. The summed E-state index contributed by atoms with van der Waals surface area (Å²) in [6.45, 7) is 0.278. The van der Waals surface area contributed by atoms with Gasteiger partial charge in [-0.15, -0.1) is 0 Å². The Morgan fingerprint density at radius 2 is 2.05 bits per heavy atom. The van der Waals surface area contributed by atoms with Crippen molar-refractivity contribution >= 4 is 40.1 Å². The van der Waals surface area contributed by atoms with E-state index in [9.17, 15) is 27.6 Å². The highest BCUT2D eigenvalue weighted by Crippen LogP contribution is 2.15. The van der Waals surface area contributed by atoms with Gasteiger partial charge in [-0.2, -0.15) is 0 Å². The average molecular weight is 539 g/mol. The van der Waals surface area contributed by atoms with E-state index in [1.54, 1.807) is 12.1 Å². The standard InChI is InChI=1S/C23H34N6O7S/c1-36-22(33)17-7-4-6-16(12-17)15-37(34,35)28-19-9-2-3-11-29(21(19)32)13-20(31)27-18(14-30)8-5-10-26-23(24)25/h4,6-7,12,14,18-19,28H,2-3,5,8-11,13,15H2,1H3,(H,27,31)(H4,24,25,26)/t18-,19-/m0/s1. The third kappa shape index (κ3) is 10.2. The van der Waals surface area contributed by atoms with Crippen LogP contribution in [0.25, 0.3) is 0 Å². The second-order valence-corrected chi connectivity index (χ2v) is 10.4. The lowest BCUT2D eigenvalue weighted by molar-refractivity contribution is -0.137. The molecule has 2 rings (SSSR count). The topological polar surface area (TPSA) is 203 Å². The van der Waals surface area contributed by atoms with Crippen LogP contribution in [0.5, 0.6) is 0 Å². The maximum atomic E-state index is 13.1. The van der Waals surface area contributed by atoms with Gasteiger partial charge in [0.25, 0.3) is 0 Å². The van der Waals surface area contributed by atoms with Crippen molar-refractivity contribution in [1.82, 2.24) is 14.9 Å². The summed E-state index contributed by atoms with van der Waals surface area (Å²) in [5.74, 6) is -2.15. The number of esters is 1. The number of hydrogen-bond donors (Lipinski definition) is 4. The SMILES string of the molecule is COC(=O)c1cccc(CS(=O)(=O)N[C@H]2CCCCN(CC(=O)N[C@H](C=O)CCCN=C(N)N)C2=O)c1. The number of guanidine groups is 1. The summed E-state index contributed by atoms with van der Waals surface area (Å²) in [5.41, 5.74) is 11.1. The first-order chi connectivity index (χ1) is 17.5. The lowest BCUT2D eigenvalue weighted by Gasteiger charge is -2.25. The van der Waals surface area contributed by atoms with E-state index in [4.69, 9.17) is 11.5 Å². The number of nitrogens with zero attached hydrogens (tertiary/aromatic N) is 2. The Hall–Kier alpha value is -3.52. The fourth-order valence-electron chi connectivity index (χ4n) is 3.87. The Balaban J connectivity index is 1.98. The second-order valence-electron chi connectivity index (χ2n) is 8.64. The number of carbonyl (C=O) groups excluding carboxylic acids is 4. The molecule has 1 fully saturated rings. The summed E-state index contributed by atoms with van der Waals surface area (Å²) in [7, 11) is -2.72. The van der Waals surface area contributed by atoms with Crippen LogP contribution in [0.1, 0.15) is 48.0 Å². The number of benzene rings is 1. The van der Waals surface area contributed by atoms with Crippen LogP contribution in [0.3, 0.4) is 0 Å². The lowest BCUT2D eigenvalue weighted by atomic mass is 10.1. The number of methoxy groups -OCH3 is 1. The maximum Gasteiger partial charge on any atom is 0.337 e. The monoisotopic (exact) mass is 538 g/mol. The molecule has 1 aliphatic heterocycles. The summed E-state index contributed by atoms with van der Waals surface area (Å²) in [6.07, 6.45) is 2.84. The van der Waals surface area contributed by atoms with Crippen molar-refractivity contribution in [3.05, 3.63) is 35.4 Å². The van der Waals surface area contributed by atoms with E-state index in [-0.39, 0.29) is 31.0 Å². The van der Waals surface area contributed by atoms with Crippen LogP contribution in [0.4, 0.5) is 0 Å². The van der Waals surface area contributed by atoms with Gasteiger partial charge in [0.1, 0.15) is 12.3 Å². The Labute approximate surface area is 216 Å². The van der Waals surface area contributed by atoms with Gasteiger partial charge in [0, 0.05) is 13.1 Å². The third-order valence-corrected chi connectivity index (χ3v) is 6.98. The third-order valence-electron chi connectivity index (χ3n) is 5.62. The van der Waals surface area contributed by atoms with Crippen LogP contribution in [0.15, 0.2) is 29.3 Å². The predicted octanol–water partition coefficient (Wildman–Crippen LogP) is -0.989. The van der Waals surface area contributed by atoms with Crippen molar-refractivity contribution < 1.29 is 32.3 Å². The van der Waals surface area contributed by atoms with E-state index in [0.717, 1.165) is 0 Å². The van der Waals surface area contributed by atoms with Crippen molar-refractivity contribution in [3.8, 4) is 0 Å². The highest BCUT2D eigenvalue weighted by Gasteiger charge is 2.31. The van der Waals surface area contributed by atoms with E-state index in [1.165, 1.54) is 24.1 Å². The normalized spacial score (nSPS) is 16.8. The number of likely N-dealkylation sites (tertiary alicyclic amines) is 1. The Morgan fingerprint density at radius 1 is 1.30 bits per heavy atom. The number of sulfonamides is 1. The molecule has 0 unspecified atom stereocenters. The quantitative estimate of drug-likeness (QED) is 0.0799. The molecule has 1 aromatic carbocycles. The van der Waals surface area contributed by atoms with Crippen molar-refractivity contribution in [2.45, 2.75) is 49.9 Å². The van der Waals surface area contributed by atoms with E-state index in [1.807, 2.05) is 0 Å². The van der Waals surface area contributed by atoms with Gasteiger partial charge in [0.15, 0.2) is 5.96 Å². The first-order valence-electron chi connectivity index (χ1n) is 11.8. The number of nitrogens with two attached hydrogens (primary N) is 2. The molecule has 14 heteroatoms. The molecule has 6 N–H and O–H groups in total. The molecule has 0 aliphatic carbocycles. The average Bonchev–Trinajstić information content (AvgIpc) is 3.01. The van der Waals surface area contributed by atoms with Crippen LogP contribution >= 0.6 is 0 Å². The number of rotatable bonds is 13. The minimum absolute atomic E-state index is 0.0637. The molecular formula is C23H34N6O7S. The zero-order chi connectivity index (χ0) is 27.4. The smallest absolute Gasteiger partial charge is 0.337 e. The summed E-state index contributed by atoms with van der Waals surface area (Å²) in [6, 6.07) is 4.22. The molecule has 37 heavy (non-hydrogen) atoms. The molecule has 1 saturated heterocycles. The molecule has 2 amide bonds. The molecule has 0 aromatic heterocycles. The predicted molar refractivity (Wildman–Crippen MR) is 136 cm³/mol. The molecule has 1 heterocycles. The van der Waals surface area contributed by atoms with Crippen molar-refractivity contribution in [2.75, 3.05) is 26.7 Å². The number of nitrogens with one attached hydrogen (secondary N) is 2. The fraction of sp³-hybridized carbons (Fsp3) is 0.522. The lowest BCUT2D eigenvalue weighted by Crippen LogP contribution is -2.51. The van der Waals surface area contributed by atoms with E-state index >= 15 is 0 Å². The minimum atomic E-state index is -3.95. The molecule has 13 nitrogen and oxygen atoms in total. The molecule has 0 bridgehead atoms. The van der Waals surface area contributed by atoms with E-state index in [2.05, 4.69) is 19.8 Å². The van der Waals surface area contributed by atoms with Crippen molar-refractivity contribution in [1.29, 1.82) is 0 Å². The number of hydrogen-bond acceptors (Lipinski definition) is 8. The molecule has 204 valence electrons. The van der Waals surface area contributed by atoms with E-state index in [0.29, 0.717) is 44.1 Å². The van der Waals surface area contributed by atoms with Gasteiger partial charge in [-0.25, -0.2) is 17.9 Å². The zero-order valence-electron chi connectivity index (χ0n) is 20.7. The van der Waals surface area contributed by atoms with Crippen LogP contribution in [0.2, 0.25) is 0 Å². The van der Waals surface area contributed by atoms with Gasteiger partial charge >= 0.3 is 5.97 Å². The summed E-state index contributed by atoms with van der Waals surface area (Å²) < 4.78 is 32.7.